The Labute approximate surface area is 217 Å². The molecule has 0 spiro atoms. The first-order valence-electron chi connectivity index (χ1n) is 14.3. The predicted octanol–water partition coefficient (Wildman–Crippen LogP) is 9.63. The van der Waals surface area contributed by atoms with E-state index in [4.69, 9.17) is 17.3 Å². The molecule has 0 aliphatic carbocycles. The zero-order valence-corrected chi connectivity index (χ0v) is 23.3. The van der Waals surface area contributed by atoms with Gasteiger partial charge in [0.05, 0.1) is 0 Å². The molecule has 0 fully saturated rings. The van der Waals surface area contributed by atoms with E-state index in [9.17, 15) is 4.79 Å². The summed E-state index contributed by atoms with van der Waals surface area (Å²) < 4.78 is 0.619. The fourth-order valence-electron chi connectivity index (χ4n) is 4.49. The van der Waals surface area contributed by atoms with Crippen LogP contribution in [0.3, 0.4) is 0 Å². The van der Waals surface area contributed by atoms with Gasteiger partial charge in [-0.15, -0.1) is 12.6 Å². The van der Waals surface area contributed by atoms with Gasteiger partial charge in [0, 0.05) is 13.0 Å². The van der Waals surface area contributed by atoms with Crippen LogP contribution in [0.1, 0.15) is 161 Å². The van der Waals surface area contributed by atoms with Gasteiger partial charge in [-0.3, -0.25) is 4.79 Å². The molecule has 2 N–H and O–H groups in total. The molecule has 0 saturated heterocycles. The van der Waals surface area contributed by atoms with Crippen LogP contribution < -0.4 is 5.32 Å². The van der Waals surface area contributed by atoms with E-state index >= 15 is 0 Å². The van der Waals surface area contributed by atoms with E-state index in [0.717, 1.165) is 19.4 Å². The number of aliphatic carboxylic acids is 1. The van der Waals surface area contributed by atoms with E-state index in [1.54, 1.807) is 0 Å². The maximum atomic E-state index is 10.4. The van der Waals surface area contributed by atoms with Gasteiger partial charge in [-0.25, -0.2) is 0 Å². The van der Waals surface area contributed by atoms with E-state index < -0.39 is 5.97 Å². The molecule has 0 aromatic rings. The highest BCUT2D eigenvalue weighted by Gasteiger charge is 1.98. The molecular weight excluding hydrogens is 446 g/mol. The Bertz CT molecular complexity index is 394. The molecule has 0 aromatic heterocycles. The zero-order chi connectivity index (χ0) is 24.2. The summed E-state index contributed by atoms with van der Waals surface area (Å²) in [5, 5.41) is 11.7. The maximum absolute atomic E-state index is 10.4. The first-order valence-corrected chi connectivity index (χ1v) is 15.2. The molecule has 0 amide bonds. The zero-order valence-electron chi connectivity index (χ0n) is 21.6. The fourth-order valence-corrected chi connectivity index (χ4v) is 4.70. The van der Waals surface area contributed by atoms with Crippen LogP contribution in [-0.4, -0.2) is 21.9 Å². The number of thiol groups is 1. The van der Waals surface area contributed by atoms with Crippen molar-refractivity contribution in [3.8, 4) is 0 Å². The summed E-state index contributed by atoms with van der Waals surface area (Å²) >= 11 is 8.95. The van der Waals surface area contributed by atoms with Crippen LogP contribution in [0.25, 0.3) is 0 Å². The molecule has 196 valence electrons. The first-order chi connectivity index (χ1) is 16.1. The second kappa shape index (κ2) is 28.0. The molecule has 0 aliphatic rings. The van der Waals surface area contributed by atoms with Crippen molar-refractivity contribution in [2.75, 3.05) is 6.54 Å². The number of carboxylic acid groups (broad SMARTS) is 1. The van der Waals surface area contributed by atoms with Crippen LogP contribution in [-0.2, 0) is 4.79 Å². The lowest BCUT2D eigenvalue weighted by atomic mass is 10.0. The summed E-state index contributed by atoms with van der Waals surface area (Å²) in [5.74, 6) is -0.654. The maximum Gasteiger partial charge on any atom is 0.303 e. The van der Waals surface area contributed by atoms with Crippen LogP contribution >= 0.6 is 24.8 Å². The van der Waals surface area contributed by atoms with Crippen LogP contribution in [0, 0.1) is 0 Å². The van der Waals surface area contributed by atoms with Gasteiger partial charge in [-0.1, -0.05) is 153 Å². The van der Waals surface area contributed by atoms with Gasteiger partial charge in [0.15, 0.2) is 0 Å². The van der Waals surface area contributed by atoms with Crippen LogP contribution in [0.4, 0.5) is 0 Å². The van der Waals surface area contributed by atoms with Crippen molar-refractivity contribution in [3.05, 3.63) is 0 Å². The summed E-state index contributed by atoms with van der Waals surface area (Å²) in [6, 6.07) is 0. The average molecular weight is 502 g/mol. The second-order valence-corrected chi connectivity index (χ2v) is 11.0. The molecular formula is C28H55NO2S2. The van der Waals surface area contributed by atoms with E-state index in [2.05, 4.69) is 17.9 Å². The Hall–Kier alpha value is -0.290. The van der Waals surface area contributed by atoms with E-state index in [-0.39, 0.29) is 0 Å². The molecule has 33 heavy (non-hydrogen) atoms. The Kier molecular flexibility index (Phi) is 27.7. The largest absolute Gasteiger partial charge is 0.481 e. The Morgan fingerprint density at radius 2 is 0.758 bits per heavy atom. The predicted molar refractivity (Wildman–Crippen MR) is 153 cm³/mol. The minimum absolute atomic E-state index is 0.341. The Balaban J connectivity index is 3.02. The fraction of sp³-hybridized carbons (Fsp3) is 0.929. The van der Waals surface area contributed by atoms with Crippen molar-refractivity contribution >= 4 is 35.1 Å². The summed E-state index contributed by atoms with van der Waals surface area (Å²) in [5.41, 5.74) is 0. The number of hydrogen-bond donors (Lipinski definition) is 3. The van der Waals surface area contributed by atoms with Gasteiger partial charge in [0.1, 0.15) is 4.32 Å². The molecule has 0 aliphatic heterocycles. The third-order valence-corrected chi connectivity index (χ3v) is 6.90. The lowest BCUT2D eigenvalue weighted by Crippen LogP contribution is -2.17. The molecule has 5 heteroatoms. The summed E-state index contributed by atoms with van der Waals surface area (Å²) in [6.07, 6.45) is 32.7. The Morgan fingerprint density at radius 3 is 1.00 bits per heavy atom. The molecule has 3 nitrogen and oxygen atoms in total. The number of carbonyl (C=O) groups is 1. The minimum atomic E-state index is -0.654. The quantitative estimate of drug-likeness (QED) is 0.0595. The van der Waals surface area contributed by atoms with Gasteiger partial charge >= 0.3 is 5.97 Å². The van der Waals surface area contributed by atoms with Gasteiger partial charge in [0.25, 0.3) is 0 Å². The van der Waals surface area contributed by atoms with E-state index in [1.165, 1.54) is 141 Å². The number of thiocarbonyl (C=S) groups is 1. The lowest BCUT2D eigenvalue weighted by Gasteiger charge is -2.05. The van der Waals surface area contributed by atoms with Crippen LogP contribution in [0.15, 0.2) is 0 Å². The molecule has 0 aromatic carbocycles. The molecule has 0 atom stereocenters. The van der Waals surface area contributed by atoms with Crippen molar-refractivity contribution in [3.63, 3.8) is 0 Å². The van der Waals surface area contributed by atoms with E-state index in [0.29, 0.717) is 10.7 Å². The minimum Gasteiger partial charge on any atom is -0.481 e. The molecule has 0 heterocycles. The second-order valence-electron chi connectivity index (χ2n) is 9.86. The standard InChI is InChI=1S/C28H55NO2S2/c30-27(31)25-23-21-19-17-15-13-11-9-7-5-3-1-2-4-6-8-10-12-14-16-18-20-22-24-26-29-28(32)33/h1-26H2,(H,30,31)(H2,29,32,33). The molecule has 0 radical (unpaired) electrons. The molecule has 0 rings (SSSR count). The molecule has 0 bridgehead atoms. The van der Waals surface area contributed by atoms with Crippen molar-refractivity contribution in [2.45, 2.75) is 161 Å². The van der Waals surface area contributed by atoms with Gasteiger partial charge < -0.3 is 10.4 Å². The Morgan fingerprint density at radius 1 is 0.515 bits per heavy atom. The highest BCUT2D eigenvalue weighted by atomic mass is 32.1. The first kappa shape index (κ1) is 32.7. The van der Waals surface area contributed by atoms with Crippen molar-refractivity contribution < 1.29 is 9.90 Å². The van der Waals surface area contributed by atoms with Crippen LogP contribution in [0.2, 0.25) is 0 Å². The summed E-state index contributed by atoms with van der Waals surface area (Å²) in [4.78, 5) is 10.4. The van der Waals surface area contributed by atoms with Gasteiger partial charge in [-0.05, 0) is 12.8 Å². The lowest BCUT2D eigenvalue weighted by molar-refractivity contribution is -0.137. The smallest absolute Gasteiger partial charge is 0.303 e. The topological polar surface area (TPSA) is 49.3 Å². The summed E-state index contributed by atoms with van der Waals surface area (Å²) in [7, 11) is 0. The van der Waals surface area contributed by atoms with Crippen LogP contribution in [0.5, 0.6) is 0 Å². The monoisotopic (exact) mass is 501 g/mol. The average Bonchev–Trinajstić information content (AvgIpc) is 2.78. The van der Waals surface area contributed by atoms with Crippen molar-refractivity contribution in [2.24, 2.45) is 0 Å². The summed E-state index contributed by atoms with van der Waals surface area (Å²) in [6.45, 7) is 0.975. The number of nitrogens with one attached hydrogen (secondary N) is 1. The number of unbranched alkanes of at least 4 members (excludes halogenated alkanes) is 23. The van der Waals surface area contributed by atoms with Crippen molar-refractivity contribution in [1.29, 1.82) is 0 Å². The van der Waals surface area contributed by atoms with Crippen molar-refractivity contribution in [1.82, 2.24) is 5.32 Å². The molecule has 0 unspecified atom stereocenters. The molecule has 0 saturated carbocycles. The third kappa shape index (κ3) is 31.7. The number of hydrogen-bond acceptors (Lipinski definition) is 2. The van der Waals surface area contributed by atoms with E-state index in [1.807, 2.05) is 0 Å². The number of carboxylic acids is 1. The highest BCUT2D eigenvalue weighted by Crippen LogP contribution is 2.15. The normalized spacial score (nSPS) is 11.1. The van der Waals surface area contributed by atoms with Gasteiger partial charge in [0.2, 0.25) is 0 Å². The third-order valence-electron chi connectivity index (χ3n) is 6.59. The van der Waals surface area contributed by atoms with Gasteiger partial charge in [-0.2, -0.15) is 0 Å². The SMILES string of the molecule is O=C(O)CCCCCCCCCCCCCCCCCCCCCCCCCCNC(=S)S. The number of rotatable bonds is 27. The highest BCUT2D eigenvalue weighted by molar-refractivity contribution is 8.11.